The van der Waals surface area contributed by atoms with Crippen LogP contribution >= 0.6 is 15.9 Å². The molecule has 2 aromatic rings. The van der Waals surface area contributed by atoms with E-state index < -0.39 is 0 Å². The molecule has 0 amide bonds. The van der Waals surface area contributed by atoms with Crippen molar-refractivity contribution >= 4 is 22.4 Å². The van der Waals surface area contributed by atoms with Crippen molar-refractivity contribution in [3.05, 3.63) is 56.6 Å². The van der Waals surface area contributed by atoms with Crippen LogP contribution < -0.4 is 0 Å². The maximum atomic E-state index is 8.95. The van der Waals surface area contributed by atoms with Gasteiger partial charge in [0.15, 0.2) is 0 Å². The third kappa shape index (κ3) is 11.0. The third-order valence-electron chi connectivity index (χ3n) is 4.75. The number of benzene rings is 2. The summed E-state index contributed by atoms with van der Waals surface area (Å²) in [5.74, 6) is 0. The molecule has 0 aliphatic rings. The minimum Gasteiger partial charge on any atom is -0.471 e. The molecule has 0 unspecified atom stereocenters. The second-order valence-corrected chi connectivity index (χ2v) is 8.70. The van der Waals surface area contributed by atoms with E-state index in [2.05, 4.69) is 79.6 Å². The Morgan fingerprint density at radius 3 is 1.65 bits per heavy atom. The van der Waals surface area contributed by atoms with Gasteiger partial charge in [-0.25, -0.2) is 0 Å². The molecule has 31 heavy (non-hydrogen) atoms. The second kappa shape index (κ2) is 16.0. The van der Waals surface area contributed by atoms with Gasteiger partial charge in [0.05, 0.1) is 12.7 Å². The fourth-order valence-corrected chi connectivity index (χ4v) is 3.24. The lowest BCUT2D eigenvalue weighted by molar-refractivity contribution is -0.126. The van der Waals surface area contributed by atoms with Gasteiger partial charge >= 0.3 is 0 Å². The maximum absolute atomic E-state index is 8.95. The van der Waals surface area contributed by atoms with Gasteiger partial charge < -0.3 is 9.47 Å². The van der Waals surface area contributed by atoms with E-state index in [4.69, 9.17) is 9.53 Å². The van der Waals surface area contributed by atoms with Crippen molar-refractivity contribution in [2.45, 2.75) is 81.3 Å². The minimum atomic E-state index is 0.0417. The molecule has 0 saturated carbocycles. The lowest BCUT2D eigenvalue weighted by Gasteiger charge is -2.19. The quantitative estimate of drug-likeness (QED) is 0.403. The number of aryl methyl sites for hydroxylation is 1. The van der Waals surface area contributed by atoms with Crippen LogP contribution in [0.4, 0.5) is 0 Å². The first-order valence-corrected chi connectivity index (χ1v) is 11.6. The summed E-state index contributed by atoms with van der Waals surface area (Å²) in [5.41, 5.74) is 9.68. The normalized spacial score (nSPS) is 9.84. The van der Waals surface area contributed by atoms with Gasteiger partial charge in [-0.05, 0) is 88.3 Å². The third-order valence-corrected chi connectivity index (χ3v) is 5.94. The Balaban J connectivity index is 0. The molecule has 0 radical (unpaired) electrons. The summed E-state index contributed by atoms with van der Waals surface area (Å²) in [6.07, 6.45) is 1.07. The fourth-order valence-electron chi connectivity index (χ4n) is 2.75. The van der Waals surface area contributed by atoms with Crippen molar-refractivity contribution in [3.8, 4) is 11.1 Å². The van der Waals surface area contributed by atoms with E-state index in [-0.39, 0.29) is 5.60 Å². The van der Waals surface area contributed by atoms with Crippen LogP contribution in [0.15, 0.2) is 28.7 Å². The molecule has 0 aliphatic carbocycles. The van der Waals surface area contributed by atoms with Crippen molar-refractivity contribution in [2.24, 2.45) is 0 Å². The Hall–Kier alpha value is -1.65. The zero-order valence-corrected chi connectivity index (χ0v) is 23.3. The first kappa shape index (κ1) is 31.5. The summed E-state index contributed by atoms with van der Waals surface area (Å²) in [4.78, 5) is 8.95. The molecule has 0 aromatic heterocycles. The molecule has 0 atom stereocenters. The molecular formula is C27H43BrO3. The summed E-state index contributed by atoms with van der Waals surface area (Å²) in [6, 6.07) is 8.85. The lowest BCUT2D eigenvalue weighted by Crippen LogP contribution is -2.15. The van der Waals surface area contributed by atoms with Crippen LogP contribution in [0.1, 0.15) is 69.4 Å². The largest absolute Gasteiger partial charge is 0.471 e. The topological polar surface area (TPSA) is 35.5 Å². The van der Waals surface area contributed by atoms with Gasteiger partial charge in [0.1, 0.15) is 0 Å². The summed E-state index contributed by atoms with van der Waals surface area (Å²) < 4.78 is 10.0. The molecule has 4 heteroatoms. The predicted molar refractivity (Wildman–Crippen MR) is 139 cm³/mol. The highest BCUT2D eigenvalue weighted by molar-refractivity contribution is 9.10. The molecule has 0 bridgehead atoms. The van der Waals surface area contributed by atoms with E-state index in [9.17, 15) is 0 Å². The number of rotatable bonds is 3. The highest BCUT2D eigenvalue weighted by Crippen LogP contribution is 2.37. The van der Waals surface area contributed by atoms with E-state index in [1.165, 1.54) is 50.5 Å². The van der Waals surface area contributed by atoms with Gasteiger partial charge in [-0.1, -0.05) is 66.5 Å². The maximum Gasteiger partial charge on any atom is 0.292 e. The highest BCUT2D eigenvalue weighted by Gasteiger charge is 2.15. The molecule has 2 aromatic carbocycles. The molecule has 0 saturated heterocycles. The van der Waals surface area contributed by atoms with Crippen molar-refractivity contribution in [3.63, 3.8) is 0 Å². The number of halogens is 1. The Labute approximate surface area is 199 Å². The highest BCUT2D eigenvalue weighted by atomic mass is 79.9. The number of methoxy groups -OCH3 is 2. The van der Waals surface area contributed by atoms with E-state index in [1.807, 2.05) is 34.6 Å². The number of carbonyl (C=O) groups is 1. The monoisotopic (exact) mass is 494 g/mol. The van der Waals surface area contributed by atoms with Gasteiger partial charge in [0.25, 0.3) is 6.47 Å². The van der Waals surface area contributed by atoms with Crippen LogP contribution in [0.25, 0.3) is 11.1 Å². The molecule has 0 aliphatic heterocycles. The van der Waals surface area contributed by atoms with Gasteiger partial charge in [-0.3, -0.25) is 4.79 Å². The van der Waals surface area contributed by atoms with Crippen molar-refractivity contribution in [1.82, 2.24) is 0 Å². The number of carbonyl (C=O) groups excluding carboxylic acids is 1. The number of hydrogen-bond donors (Lipinski definition) is 0. The average molecular weight is 496 g/mol. The molecule has 0 spiro atoms. The van der Waals surface area contributed by atoms with E-state index >= 15 is 0 Å². The van der Waals surface area contributed by atoms with E-state index in [0.717, 1.165) is 6.42 Å². The van der Waals surface area contributed by atoms with Crippen molar-refractivity contribution < 1.29 is 14.3 Å². The van der Waals surface area contributed by atoms with Crippen LogP contribution in [0.3, 0.4) is 0 Å². The molecule has 0 N–H and O–H groups in total. The Bertz CT molecular complexity index is 773. The zero-order valence-electron chi connectivity index (χ0n) is 21.7. The summed E-state index contributed by atoms with van der Waals surface area (Å²) in [5, 5.41) is 0. The average Bonchev–Trinajstić information content (AvgIpc) is 2.77. The van der Waals surface area contributed by atoms with Crippen molar-refractivity contribution in [2.75, 3.05) is 14.2 Å². The van der Waals surface area contributed by atoms with Crippen LogP contribution in [0, 0.1) is 27.7 Å². The molecular weight excluding hydrogens is 452 g/mol. The van der Waals surface area contributed by atoms with Gasteiger partial charge in [0.2, 0.25) is 0 Å². The minimum absolute atomic E-state index is 0.0417. The van der Waals surface area contributed by atoms with Gasteiger partial charge in [0, 0.05) is 11.6 Å². The van der Waals surface area contributed by atoms with E-state index in [0.29, 0.717) is 6.47 Å². The molecule has 0 heterocycles. The smallest absolute Gasteiger partial charge is 0.292 e. The Kier molecular flexibility index (Phi) is 16.3. The molecule has 2 rings (SSSR count). The van der Waals surface area contributed by atoms with Crippen LogP contribution in [0.2, 0.25) is 0 Å². The van der Waals surface area contributed by atoms with Crippen LogP contribution in [-0.4, -0.2) is 26.3 Å². The standard InChI is InChI=1S/C18H21Br.C5H12O.C2H4O2.C2H6/c1-6-16-12(3)13(4)18(19)14(5)17(16)15-9-7-11(2)8-10-15;1-5(2,3)6-4;1-4-2-3;1-2/h7-10H,6H2,1-5H3;1-4H3;2H,1H3;1-2H3. The Morgan fingerprint density at radius 1 is 0.903 bits per heavy atom. The summed E-state index contributed by atoms with van der Waals surface area (Å²) in [7, 11) is 3.02. The molecule has 3 nitrogen and oxygen atoms in total. The zero-order chi connectivity index (χ0) is 24.8. The first-order valence-electron chi connectivity index (χ1n) is 10.8. The second-order valence-electron chi connectivity index (χ2n) is 7.91. The summed E-state index contributed by atoms with van der Waals surface area (Å²) in [6.45, 7) is 21.5. The number of hydrogen-bond acceptors (Lipinski definition) is 3. The predicted octanol–water partition coefficient (Wildman–Crippen LogP) is 8.16. The van der Waals surface area contributed by atoms with Gasteiger partial charge in [-0.2, -0.15) is 0 Å². The van der Waals surface area contributed by atoms with E-state index in [1.54, 1.807) is 7.11 Å². The SMILES string of the molecule is CC.CCc1c(C)c(C)c(Br)c(C)c1-c1ccc(C)cc1.COC(C)(C)C.COC=O. The lowest BCUT2D eigenvalue weighted by atomic mass is 9.88. The van der Waals surface area contributed by atoms with Gasteiger partial charge in [-0.15, -0.1) is 0 Å². The Morgan fingerprint density at radius 2 is 1.32 bits per heavy atom. The molecule has 176 valence electrons. The van der Waals surface area contributed by atoms with Crippen LogP contribution in [0.5, 0.6) is 0 Å². The summed E-state index contributed by atoms with van der Waals surface area (Å²) >= 11 is 3.76. The van der Waals surface area contributed by atoms with Crippen molar-refractivity contribution in [1.29, 1.82) is 0 Å². The first-order chi connectivity index (χ1) is 14.4. The fraction of sp³-hybridized carbons (Fsp3) is 0.519. The van der Waals surface area contributed by atoms with Crippen LogP contribution in [-0.2, 0) is 20.7 Å². The number of ether oxygens (including phenoxy) is 2. The molecule has 0 fully saturated rings.